The van der Waals surface area contributed by atoms with Gasteiger partial charge < -0.3 is 20.0 Å². The van der Waals surface area contributed by atoms with E-state index in [0.29, 0.717) is 0 Å². The molecule has 0 saturated carbocycles. The average molecular weight is 185 g/mol. The molecule has 1 aromatic rings. The number of rotatable bonds is 3. The fourth-order valence-electron chi connectivity index (χ4n) is 0.858. The largest absolute Gasteiger partial charge is 0.463 e. The van der Waals surface area contributed by atoms with E-state index in [2.05, 4.69) is 4.74 Å². The highest BCUT2D eigenvalue weighted by molar-refractivity contribution is 5.86. The van der Waals surface area contributed by atoms with Crippen LogP contribution < -0.4 is 5.73 Å². The fraction of sp³-hybridized carbons (Fsp3) is 0.375. The first-order valence-corrected chi connectivity index (χ1v) is 3.75. The summed E-state index contributed by atoms with van der Waals surface area (Å²) >= 11 is 0. The van der Waals surface area contributed by atoms with E-state index in [1.807, 2.05) is 0 Å². The van der Waals surface area contributed by atoms with Crippen LogP contribution in [0.4, 0.5) is 0 Å². The third-order valence-electron chi connectivity index (χ3n) is 1.57. The molecule has 1 aromatic heterocycles. The van der Waals surface area contributed by atoms with Crippen LogP contribution in [-0.2, 0) is 4.74 Å². The van der Waals surface area contributed by atoms with Crippen molar-refractivity contribution >= 4 is 5.97 Å². The Balaban J connectivity index is 2.80. The van der Waals surface area contributed by atoms with Gasteiger partial charge in [-0.05, 0) is 12.1 Å². The third kappa shape index (κ3) is 2.07. The molecule has 1 atom stereocenters. The predicted molar refractivity (Wildman–Crippen MR) is 44.1 cm³/mol. The Morgan fingerprint density at radius 3 is 3.00 bits per heavy atom. The number of methoxy groups -OCH3 is 1. The lowest BCUT2D eigenvalue weighted by Gasteiger charge is -2.01. The highest BCUT2D eigenvalue weighted by Crippen LogP contribution is 2.15. The second-order valence-electron chi connectivity index (χ2n) is 2.45. The molecule has 5 heteroatoms. The van der Waals surface area contributed by atoms with Gasteiger partial charge in [0.1, 0.15) is 11.9 Å². The summed E-state index contributed by atoms with van der Waals surface area (Å²) in [6.45, 7) is 0.0497. The topological polar surface area (TPSA) is 85.7 Å². The van der Waals surface area contributed by atoms with Gasteiger partial charge in [-0.2, -0.15) is 0 Å². The predicted octanol–water partition coefficient (Wildman–Crippen LogP) is 0.0583. The Morgan fingerprint density at radius 1 is 1.77 bits per heavy atom. The number of hydrogen-bond acceptors (Lipinski definition) is 5. The lowest BCUT2D eigenvalue weighted by Crippen LogP contribution is -2.10. The molecular weight excluding hydrogens is 174 g/mol. The molecule has 1 rings (SSSR count). The van der Waals surface area contributed by atoms with Gasteiger partial charge in [-0.3, -0.25) is 0 Å². The Bertz CT molecular complexity index is 294. The summed E-state index contributed by atoms with van der Waals surface area (Å²) in [5.41, 5.74) is 5.20. The number of ether oxygens (including phenoxy) is 1. The highest BCUT2D eigenvalue weighted by Gasteiger charge is 2.14. The standard InChI is InChI=1S/C8H11NO4/c1-12-8(11)7-3-2-6(13-7)5(10)4-9/h2-3,5,10H,4,9H2,1H3/t5-/m0/s1. The van der Waals surface area contributed by atoms with Gasteiger partial charge in [0.05, 0.1) is 7.11 Å². The molecule has 0 unspecified atom stereocenters. The van der Waals surface area contributed by atoms with Crippen molar-refractivity contribution in [1.82, 2.24) is 0 Å². The molecule has 0 aliphatic heterocycles. The quantitative estimate of drug-likeness (QED) is 0.650. The summed E-state index contributed by atoms with van der Waals surface area (Å²) in [4.78, 5) is 10.9. The van der Waals surface area contributed by atoms with Crippen LogP contribution in [0.25, 0.3) is 0 Å². The van der Waals surface area contributed by atoms with Crippen LogP contribution in [0.2, 0.25) is 0 Å². The average Bonchev–Trinajstić information content (AvgIpc) is 2.64. The van der Waals surface area contributed by atoms with Gasteiger partial charge in [-0.25, -0.2) is 4.79 Å². The van der Waals surface area contributed by atoms with Crippen molar-refractivity contribution in [2.24, 2.45) is 5.73 Å². The van der Waals surface area contributed by atoms with E-state index >= 15 is 0 Å². The van der Waals surface area contributed by atoms with Crippen molar-refractivity contribution in [3.8, 4) is 0 Å². The lowest BCUT2D eigenvalue weighted by molar-refractivity contribution is 0.0555. The van der Waals surface area contributed by atoms with E-state index in [-0.39, 0.29) is 18.1 Å². The van der Waals surface area contributed by atoms with Crippen molar-refractivity contribution in [2.75, 3.05) is 13.7 Å². The second kappa shape index (κ2) is 4.06. The summed E-state index contributed by atoms with van der Waals surface area (Å²) in [5.74, 6) is -0.247. The van der Waals surface area contributed by atoms with Gasteiger partial charge in [0.2, 0.25) is 5.76 Å². The normalized spacial score (nSPS) is 12.5. The zero-order chi connectivity index (χ0) is 9.84. The van der Waals surface area contributed by atoms with E-state index < -0.39 is 12.1 Å². The Morgan fingerprint density at radius 2 is 2.46 bits per heavy atom. The first-order chi connectivity index (χ1) is 6.19. The molecule has 0 aliphatic carbocycles. The number of hydrogen-bond donors (Lipinski definition) is 2. The molecule has 0 radical (unpaired) electrons. The number of carbonyl (C=O) groups excluding carboxylic acids is 1. The highest BCUT2D eigenvalue weighted by atomic mass is 16.5. The minimum absolute atomic E-state index is 0.0497. The number of aliphatic hydroxyl groups excluding tert-OH is 1. The summed E-state index contributed by atoms with van der Waals surface area (Å²) in [6, 6.07) is 2.92. The lowest BCUT2D eigenvalue weighted by atomic mass is 10.3. The number of esters is 1. The van der Waals surface area contributed by atoms with Gasteiger partial charge in [-0.15, -0.1) is 0 Å². The van der Waals surface area contributed by atoms with E-state index in [1.54, 1.807) is 0 Å². The van der Waals surface area contributed by atoms with Crippen molar-refractivity contribution in [3.05, 3.63) is 23.7 Å². The number of aliphatic hydroxyl groups is 1. The van der Waals surface area contributed by atoms with Gasteiger partial charge in [-0.1, -0.05) is 0 Å². The van der Waals surface area contributed by atoms with Crippen molar-refractivity contribution in [1.29, 1.82) is 0 Å². The maximum Gasteiger partial charge on any atom is 0.373 e. The minimum Gasteiger partial charge on any atom is -0.463 e. The smallest absolute Gasteiger partial charge is 0.373 e. The van der Waals surface area contributed by atoms with Crippen LogP contribution in [0, 0.1) is 0 Å². The van der Waals surface area contributed by atoms with E-state index in [9.17, 15) is 9.90 Å². The Hall–Kier alpha value is -1.33. The number of furan rings is 1. The maximum absolute atomic E-state index is 10.9. The van der Waals surface area contributed by atoms with Gasteiger partial charge in [0.15, 0.2) is 0 Å². The molecule has 0 aliphatic rings. The van der Waals surface area contributed by atoms with Gasteiger partial charge >= 0.3 is 5.97 Å². The maximum atomic E-state index is 10.9. The van der Waals surface area contributed by atoms with Crippen LogP contribution in [0.15, 0.2) is 16.5 Å². The first-order valence-electron chi connectivity index (χ1n) is 3.75. The zero-order valence-corrected chi connectivity index (χ0v) is 7.19. The van der Waals surface area contributed by atoms with Crippen molar-refractivity contribution in [2.45, 2.75) is 6.10 Å². The molecule has 3 N–H and O–H groups in total. The van der Waals surface area contributed by atoms with Crippen LogP contribution >= 0.6 is 0 Å². The van der Waals surface area contributed by atoms with E-state index in [4.69, 9.17) is 10.2 Å². The van der Waals surface area contributed by atoms with Crippen LogP contribution in [0.5, 0.6) is 0 Å². The molecule has 72 valence electrons. The third-order valence-corrected chi connectivity index (χ3v) is 1.57. The van der Waals surface area contributed by atoms with Gasteiger partial charge in [0.25, 0.3) is 0 Å². The minimum atomic E-state index is -0.876. The van der Waals surface area contributed by atoms with Crippen molar-refractivity contribution < 1.29 is 19.1 Å². The SMILES string of the molecule is COC(=O)c1ccc([C@@H](O)CN)o1. The van der Waals surface area contributed by atoms with Crippen LogP contribution in [0.1, 0.15) is 22.4 Å². The summed E-state index contributed by atoms with van der Waals surface area (Å²) in [7, 11) is 1.25. The Kier molecular flexibility index (Phi) is 3.05. The van der Waals surface area contributed by atoms with Crippen molar-refractivity contribution in [3.63, 3.8) is 0 Å². The fourth-order valence-corrected chi connectivity index (χ4v) is 0.858. The Labute approximate surface area is 75.1 Å². The molecule has 1 heterocycles. The van der Waals surface area contributed by atoms with E-state index in [0.717, 1.165) is 0 Å². The molecule has 13 heavy (non-hydrogen) atoms. The summed E-state index contributed by atoms with van der Waals surface area (Å²) < 4.78 is 9.40. The monoisotopic (exact) mass is 185 g/mol. The molecule has 0 saturated heterocycles. The molecule has 0 spiro atoms. The molecule has 0 amide bonds. The molecule has 5 nitrogen and oxygen atoms in total. The zero-order valence-electron chi connectivity index (χ0n) is 7.19. The number of nitrogens with two attached hydrogens (primary N) is 1. The summed E-state index contributed by atoms with van der Waals surface area (Å²) in [5, 5.41) is 9.23. The van der Waals surface area contributed by atoms with Gasteiger partial charge in [0, 0.05) is 6.54 Å². The second-order valence-corrected chi connectivity index (χ2v) is 2.45. The molecule has 0 aromatic carbocycles. The van der Waals surface area contributed by atoms with Crippen LogP contribution in [-0.4, -0.2) is 24.7 Å². The van der Waals surface area contributed by atoms with E-state index in [1.165, 1.54) is 19.2 Å². The molecular formula is C8H11NO4. The summed E-state index contributed by atoms with van der Waals surface area (Å²) in [6.07, 6.45) is -0.876. The molecule has 0 fully saturated rings. The molecule has 0 bridgehead atoms. The van der Waals surface area contributed by atoms with Crippen LogP contribution in [0.3, 0.4) is 0 Å². The first kappa shape index (κ1) is 9.76. The number of carbonyl (C=O) groups is 1.